The smallest absolute Gasteiger partial charge is 0.262 e. The maximum Gasteiger partial charge on any atom is 0.262 e. The number of carbonyl (C=O) groups excluding carboxylic acids is 1. The van der Waals surface area contributed by atoms with Crippen molar-refractivity contribution < 1.29 is 13.9 Å². The third-order valence-corrected chi connectivity index (χ3v) is 6.96. The van der Waals surface area contributed by atoms with Gasteiger partial charge >= 0.3 is 0 Å². The highest BCUT2D eigenvalue weighted by Gasteiger charge is 2.16. The predicted molar refractivity (Wildman–Crippen MR) is 140 cm³/mol. The standard InChI is InChI=1S/C29H29ClN2O3/c1-18-14-19(2)28-26(15-18)32-29(35-28)22-10-13-24(30)25(16-22)31-27(33)17-34-23-11-8-21(9-12-23)20-6-4-3-5-7-20/h8-16,20H,3-7,17H2,1-2H3,(H,31,33). The van der Waals surface area contributed by atoms with Crippen molar-refractivity contribution in [3.63, 3.8) is 0 Å². The third kappa shape index (κ3) is 5.35. The van der Waals surface area contributed by atoms with E-state index >= 15 is 0 Å². The molecule has 0 atom stereocenters. The molecular formula is C29H29ClN2O3. The molecule has 0 aliphatic heterocycles. The lowest BCUT2D eigenvalue weighted by atomic mass is 9.84. The van der Waals surface area contributed by atoms with Crippen LogP contribution in [0.15, 0.2) is 59.0 Å². The van der Waals surface area contributed by atoms with E-state index < -0.39 is 0 Å². The number of fused-ring (bicyclic) bond motifs is 1. The average Bonchev–Trinajstić information content (AvgIpc) is 3.29. The molecule has 1 aliphatic carbocycles. The summed E-state index contributed by atoms with van der Waals surface area (Å²) in [5.41, 5.74) is 6.30. The number of ether oxygens (including phenoxy) is 1. The lowest BCUT2D eigenvalue weighted by Gasteiger charge is -2.22. The fraction of sp³-hybridized carbons (Fsp3) is 0.310. The van der Waals surface area contributed by atoms with Crippen molar-refractivity contribution in [3.8, 4) is 17.2 Å². The van der Waals surface area contributed by atoms with Crippen LogP contribution in [0.2, 0.25) is 5.02 Å². The molecule has 0 unspecified atom stereocenters. The first kappa shape index (κ1) is 23.4. The van der Waals surface area contributed by atoms with E-state index in [2.05, 4.69) is 28.5 Å². The van der Waals surface area contributed by atoms with Crippen molar-refractivity contribution in [1.29, 1.82) is 0 Å². The summed E-state index contributed by atoms with van der Waals surface area (Å²) in [6.07, 6.45) is 6.46. The monoisotopic (exact) mass is 488 g/mol. The lowest BCUT2D eigenvalue weighted by molar-refractivity contribution is -0.118. The minimum absolute atomic E-state index is 0.106. The summed E-state index contributed by atoms with van der Waals surface area (Å²) in [5, 5.41) is 3.28. The SMILES string of the molecule is Cc1cc(C)c2oc(-c3ccc(Cl)c(NC(=O)COc4ccc(C5CCCCC5)cc4)c3)nc2c1. The van der Waals surface area contributed by atoms with Crippen LogP contribution < -0.4 is 10.1 Å². The number of benzene rings is 3. The molecule has 0 spiro atoms. The molecule has 0 saturated heterocycles. The van der Waals surface area contributed by atoms with E-state index in [1.54, 1.807) is 12.1 Å². The zero-order valence-electron chi connectivity index (χ0n) is 20.1. The fourth-order valence-corrected chi connectivity index (χ4v) is 5.03. The Morgan fingerprint density at radius 1 is 1.06 bits per heavy atom. The normalized spacial score (nSPS) is 14.3. The van der Waals surface area contributed by atoms with Crippen molar-refractivity contribution in [3.05, 3.63) is 76.3 Å². The number of oxazole rings is 1. The highest BCUT2D eigenvalue weighted by molar-refractivity contribution is 6.33. The van der Waals surface area contributed by atoms with Gasteiger partial charge in [-0.1, -0.05) is 49.1 Å². The zero-order chi connectivity index (χ0) is 24.4. The van der Waals surface area contributed by atoms with Gasteiger partial charge in [0.25, 0.3) is 5.91 Å². The number of nitrogens with one attached hydrogen (secondary N) is 1. The van der Waals surface area contributed by atoms with E-state index in [0.717, 1.165) is 27.8 Å². The Labute approximate surface area is 210 Å². The molecule has 1 fully saturated rings. The quantitative estimate of drug-likeness (QED) is 0.300. The predicted octanol–water partition coefficient (Wildman–Crippen LogP) is 7.83. The largest absolute Gasteiger partial charge is 0.484 e. The van der Waals surface area contributed by atoms with E-state index in [1.807, 2.05) is 38.1 Å². The lowest BCUT2D eigenvalue weighted by Crippen LogP contribution is -2.20. The Balaban J connectivity index is 1.24. The highest BCUT2D eigenvalue weighted by atomic mass is 35.5. The Hall–Kier alpha value is -3.31. The van der Waals surface area contributed by atoms with Gasteiger partial charge in [-0.05, 0) is 85.7 Å². The number of carbonyl (C=O) groups is 1. The molecule has 0 bridgehead atoms. The van der Waals surface area contributed by atoms with Crippen LogP contribution in [0, 0.1) is 13.8 Å². The second-order valence-electron chi connectivity index (χ2n) is 9.38. The van der Waals surface area contributed by atoms with Crippen LogP contribution >= 0.6 is 11.6 Å². The van der Waals surface area contributed by atoms with Crippen molar-refractivity contribution in [2.24, 2.45) is 0 Å². The molecule has 0 radical (unpaired) electrons. The molecule has 6 heteroatoms. The van der Waals surface area contributed by atoms with Gasteiger partial charge in [-0.2, -0.15) is 0 Å². The summed E-state index contributed by atoms with van der Waals surface area (Å²) < 4.78 is 11.7. The maximum atomic E-state index is 12.6. The van der Waals surface area contributed by atoms with E-state index in [9.17, 15) is 4.79 Å². The number of rotatable bonds is 6. The van der Waals surface area contributed by atoms with Crippen LogP contribution in [0.1, 0.15) is 54.7 Å². The molecule has 1 aromatic heterocycles. The van der Waals surface area contributed by atoms with Gasteiger partial charge in [0.15, 0.2) is 12.2 Å². The first-order valence-corrected chi connectivity index (χ1v) is 12.5. The summed E-state index contributed by atoms with van der Waals surface area (Å²) in [6.45, 7) is 3.93. The number of aromatic nitrogens is 1. The molecule has 3 aromatic carbocycles. The van der Waals surface area contributed by atoms with Crippen LogP contribution in [-0.4, -0.2) is 17.5 Å². The van der Waals surface area contributed by atoms with Crippen LogP contribution in [0.5, 0.6) is 5.75 Å². The molecule has 35 heavy (non-hydrogen) atoms. The number of hydrogen-bond donors (Lipinski definition) is 1. The van der Waals surface area contributed by atoms with Crippen LogP contribution in [-0.2, 0) is 4.79 Å². The molecule has 4 aromatic rings. The Morgan fingerprint density at radius 3 is 2.60 bits per heavy atom. The van der Waals surface area contributed by atoms with Gasteiger partial charge in [0.2, 0.25) is 5.89 Å². The van der Waals surface area contributed by atoms with E-state index in [-0.39, 0.29) is 12.5 Å². The van der Waals surface area contributed by atoms with Crippen molar-refractivity contribution >= 4 is 34.3 Å². The topological polar surface area (TPSA) is 64.4 Å². The van der Waals surface area contributed by atoms with Crippen LogP contribution in [0.4, 0.5) is 5.69 Å². The van der Waals surface area contributed by atoms with Crippen molar-refractivity contribution in [2.45, 2.75) is 51.9 Å². The van der Waals surface area contributed by atoms with Gasteiger partial charge in [-0.25, -0.2) is 4.98 Å². The second-order valence-corrected chi connectivity index (χ2v) is 9.79. The first-order chi connectivity index (χ1) is 17.0. The number of anilines is 1. The Bertz CT molecular complexity index is 1350. The molecule has 1 aliphatic rings. The van der Waals surface area contributed by atoms with Crippen LogP contribution in [0.25, 0.3) is 22.6 Å². The highest BCUT2D eigenvalue weighted by Crippen LogP contribution is 2.34. The number of aryl methyl sites for hydroxylation is 2. The summed E-state index contributed by atoms with van der Waals surface area (Å²) >= 11 is 6.35. The minimum Gasteiger partial charge on any atom is -0.484 e. The van der Waals surface area contributed by atoms with E-state index in [0.29, 0.717) is 28.3 Å². The maximum absolute atomic E-state index is 12.6. The molecule has 180 valence electrons. The Morgan fingerprint density at radius 2 is 1.83 bits per heavy atom. The summed E-state index contributed by atoms with van der Waals surface area (Å²) in [7, 11) is 0. The van der Waals surface area contributed by atoms with Gasteiger partial charge in [-0.15, -0.1) is 0 Å². The third-order valence-electron chi connectivity index (χ3n) is 6.63. The van der Waals surface area contributed by atoms with Crippen molar-refractivity contribution in [1.82, 2.24) is 4.98 Å². The molecule has 1 N–H and O–H groups in total. The molecule has 5 rings (SSSR count). The molecule has 1 heterocycles. The number of nitrogens with zero attached hydrogens (tertiary/aromatic N) is 1. The molecule has 1 amide bonds. The van der Waals surface area contributed by atoms with Gasteiger partial charge in [0.1, 0.15) is 11.3 Å². The summed E-state index contributed by atoms with van der Waals surface area (Å²) in [6, 6.07) is 17.5. The van der Waals surface area contributed by atoms with Gasteiger partial charge < -0.3 is 14.5 Å². The second kappa shape index (κ2) is 10.1. The fourth-order valence-electron chi connectivity index (χ4n) is 4.86. The van der Waals surface area contributed by atoms with Gasteiger partial charge in [0.05, 0.1) is 10.7 Å². The zero-order valence-corrected chi connectivity index (χ0v) is 20.8. The molecule has 5 nitrogen and oxygen atoms in total. The first-order valence-electron chi connectivity index (χ1n) is 12.2. The number of hydrogen-bond acceptors (Lipinski definition) is 4. The van der Waals surface area contributed by atoms with Crippen molar-refractivity contribution in [2.75, 3.05) is 11.9 Å². The summed E-state index contributed by atoms with van der Waals surface area (Å²) in [5.74, 6) is 1.51. The number of halogens is 1. The summed E-state index contributed by atoms with van der Waals surface area (Å²) in [4.78, 5) is 17.2. The molecule has 1 saturated carbocycles. The minimum atomic E-state index is -0.288. The van der Waals surface area contributed by atoms with Gasteiger partial charge in [0, 0.05) is 5.56 Å². The average molecular weight is 489 g/mol. The van der Waals surface area contributed by atoms with Gasteiger partial charge in [-0.3, -0.25) is 4.79 Å². The van der Waals surface area contributed by atoms with E-state index in [4.69, 9.17) is 20.8 Å². The molecular weight excluding hydrogens is 460 g/mol. The number of amides is 1. The van der Waals surface area contributed by atoms with E-state index in [1.165, 1.54) is 37.7 Å². The van der Waals surface area contributed by atoms with Crippen LogP contribution in [0.3, 0.4) is 0 Å². The Kier molecular flexibility index (Phi) is 6.78.